The number of pyridine rings is 1. The Morgan fingerprint density at radius 2 is 2.05 bits per heavy atom. The number of aliphatic carboxylic acids is 1. The highest BCUT2D eigenvalue weighted by molar-refractivity contribution is 6.06. The third kappa shape index (κ3) is 2.79. The molecule has 5 nitrogen and oxygen atoms in total. The van der Waals surface area contributed by atoms with Crippen molar-refractivity contribution >= 4 is 22.8 Å². The van der Waals surface area contributed by atoms with Gasteiger partial charge in [-0.3, -0.25) is 14.6 Å². The van der Waals surface area contributed by atoms with E-state index in [-0.39, 0.29) is 12.5 Å². The number of para-hydroxylation sites is 1. The number of fused-ring (bicyclic) bond motifs is 1. The fourth-order valence-electron chi connectivity index (χ4n) is 2.62. The third-order valence-electron chi connectivity index (χ3n) is 3.96. The zero-order valence-electron chi connectivity index (χ0n) is 12.5. The SMILES string of the molecule is CCN(CC(=O)O)C(=O)c1cc(C2CC2)nc2ccccc12. The normalized spacial score (nSPS) is 14.0. The largest absolute Gasteiger partial charge is 0.480 e. The highest BCUT2D eigenvalue weighted by Crippen LogP contribution is 2.40. The maximum absolute atomic E-state index is 12.8. The molecule has 1 saturated carbocycles. The topological polar surface area (TPSA) is 70.5 Å². The third-order valence-corrected chi connectivity index (χ3v) is 3.96. The molecule has 0 unspecified atom stereocenters. The lowest BCUT2D eigenvalue weighted by Crippen LogP contribution is -2.35. The van der Waals surface area contributed by atoms with Crippen LogP contribution in [-0.2, 0) is 4.79 Å². The van der Waals surface area contributed by atoms with Gasteiger partial charge in [-0.15, -0.1) is 0 Å². The Bertz CT molecular complexity index is 738. The van der Waals surface area contributed by atoms with Crippen LogP contribution in [-0.4, -0.2) is 40.0 Å². The molecule has 2 aromatic rings. The van der Waals surface area contributed by atoms with Crippen LogP contribution in [0.15, 0.2) is 30.3 Å². The summed E-state index contributed by atoms with van der Waals surface area (Å²) >= 11 is 0. The average molecular weight is 298 g/mol. The van der Waals surface area contributed by atoms with Gasteiger partial charge in [0.2, 0.25) is 0 Å². The van der Waals surface area contributed by atoms with Crippen molar-refractivity contribution in [3.05, 3.63) is 41.6 Å². The van der Waals surface area contributed by atoms with Crippen molar-refractivity contribution in [2.24, 2.45) is 0 Å². The number of hydrogen-bond acceptors (Lipinski definition) is 3. The smallest absolute Gasteiger partial charge is 0.323 e. The van der Waals surface area contributed by atoms with Crippen LogP contribution >= 0.6 is 0 Å². The summed E-state index contributed by atoms with van der Waals surface area (Å²) in [5.41, 5.74) is 2.28. The number of carbonyl (C=O) groups excluding carboxylic acids is 1. The minimum absolute atomic E-state index is 0.245. The predicted molar refractivity (Wildman–Crippen MR) is 82.9 cm³/mol. The zero-order valence-corrected chi connectivity index (χ0v) is 12.5. The van der Waals surface area contributed by atoms with Gasteiger partial charge in [0.1, 0.15) is 6.54 Å². The number of benzene rings is 1. The average Bonchev–Trinajstić information content (AvgIpc) is 3.35. The summed E-state index contributed by atoms with van der Waals surface area (Å²) in [6.45, 7) is 1.86. The molecule has 0 bridgehead atoms. The van der Waals surface area contributed by atoms with Gasteiger partial charge in [0.15, 0.2) is 0 Å². The van der Waals surface area contributed by atoms with E-state index in [0.717, 1.165) is 29.4 Å². The molecule has 1 N–H and O–H groups in total. The standard InChI is InChI=1S/C17H18N2O3/c1-2-19(10-16(20)21)17(22)13-9-15(11-7-8-11)18-14-6-4-3-5-12(13)14/h3-6,9,11H,2,7-8,10H2,1H3,(H,20,21). The van der Waals surface area contributed by atoms with Gasteiger partial charge in [0.05, 0.1) is 11.1 Å². The number of rotatable bonds is 5. The molecule has 1 fully saturated rings. The lowest BCUT2D eigenvalue weighted by molar-refractivity contribution is -0.137. The van der Waals surface area contributed by atoms with Crippen LogP contribution in [0.5, 0.6) is 0 Å². The number of aromatic nitrogens is 1. The maximum atomic E-state index is 12.8. The second-order valence-electron chi connectivity index (χ2n) is 5.60. The second-order valence-corrected chi connectivity index (χ2v) is 5.60. The molecule has 1 heterocycles. The van der Waals surface area contributed by atoms with Crippen molar-refractivity contribution in [1.29, 1.82) is 0 Å². The van der Waals surface area contributed by atoms with Gasteiger partial charge in [0.25, 0.3) is 5.91 Å². The molecule has 22 heavy (non-hydrogen) atoms. The molecule has 0 spiro atoms. The van der Waals surface area contributed by atoms with E-state index in [1.807, 2.05) is 30.3 Å². The van der Waals surface area contributed by atoms with Crippen molar-refractivity contribution in [3.8, 4) is 0 Å². The Kier molecular flexibility index (Phi) is 3.79. The molecule has 0 radical (unpaired) electrons. The van der Waals surface area contributed by atoms with E-state index in [1.54, 1.807) is 6.92 Å². The molecule has 1 aromatic carbocycles. The predicted octanol–water partition coefficient (Wildman–Crippen LogP) is 2.66. The first-order valence-corrected chi connectivity index (χ1v) is 7.51. The fraction of sp³-hybridized carbons (Fsp3) is 0.353. The molecule has 114 valence electrons. The van der Waals surface area contributed by atoms with Gasteiger partial charge in [-0.05, 0) is 31.9 Å². The van der Waals surface area contributed by atoms with E-state index >= 15 is 0 Å². The van der Waals surface area contributed by atoms with Gasteiger partial charge in [-0.2, -0.15) is 0 Å². The van der Waals surface area contributed by atoms with Gasteiger partial charge in [0, 0.05) is 23.5 Å². The molecule has 1 aliphatic carbocycles. The summed E-state index contributed by atoms with van der Waals surface area (Å²) in [6.07, 6.45) is 2.21. The zero-order chi connectivity index (χ0) is 15.7. The van der Waals surface area contributed by atoms with Crippen LogP contribution in [0.4, 0.5) is 0 Å². The minimum Gasteiger partial charge on any atom is -0.480 e. The highest BCUT2D eigenvalue weighted by Gasteiger charge is 2.28. The van der Waals surface area contributed by atoms with E-state index < -0.39 is 5.97 Å². The number of carboxylic acids is 1. The quantitative estimate of drug-likeness (QED) is 0.921. The monoisotopic (exact) mass is 298 g/mol. The molecule has 1 aliphatic rings. The van der Waals surface area contributed by atoms with Crippen molar-refractivity contribution in [2.45, 2.75) is 25.7 Å². The number of hydrogen-bond donors (Lipinski definition) is 1. The van der Waals surface area contributed by atoms with E-state index in [0.29, 0.717) is 18.0 Å². The van der Waals surface area contributed by atoms with E-state index in [1.165, 1.54) is 4.90 Å². The molecule has 0 atom stereocenters. The van der Waals surface area contributed by atoms with Crippen LogP contribution < -0.4 is 0 Å². The van der Waals surface area contributed by atoms with E-state index in [2.05, 4.69) is 4.98 Å². The summed E-state index contributed by atoms with van der Waals surface area (Å²) in [7, 11) is 0. The van der Waals surface area contributed by atoms with Gasteiger partial charge in [-0.1, -0.05) is 18.2 Å². The van der Waals surface area contributed by atoms with Gasteiger partial charge >= 0.3 is 5.97 Å². The van der Waals surface area contributed by atoms with Crippen LogP contribution in [0.3, 0.4) is 0 Å². The first-order chi connectivity index (χ1) is 10.6. The molecule has 1 amide bonds. The number of likely N-dealkylation sites (N-methyl/N-ethyl adjacent to an activating group) is 1. The van der Waals surface area contributed by atoms with Crippen LogP contribution in [0, 0.1) is 0 Å². The number of amides is 1. The molecule has 0 saturated heterocycles. The van der Waals surface area contributed by atoms with Crippen LogP contribution in [0.1, 0.15) is 41.7 Å². The maximum Gasteiger partial charge on any atom is 0.323 e. The van der Waals surface area contributed by atoms with Crippen LogP contribution in [0.25, 0.3) is 10.9 Å². The molecule has 3 rings (SSSR count). The van der Waals surface area contributed by atoms with Crippen molar-refractivity contribution < 1.29 is 14.7 Å². The summed E-state index contributed by atoms with van der Waals surface area (Å²) in [5, 5.41) is 9.75. The molecule has 5 heteroatoms. The van der Waals surface area contributed by atoms with Gasteiger partial charge < -0.3 is 10.0 Å². The first kappa shape index (κ1) is 14.5. The molecule has 1 aromatic heterocycles. The summed E-state index contributed by atoms with van der Waals surface area (Å²) in [6, 6.07) is 9.36. The Morgan fingerprint density at radius 3 is 2.68 bits per heavy atom. The Balaban J connectivity index is 2.07. The molecular weight excluding hydrogens is 280 g/mol. The number of carboxylic acid groups (broad SMARTS) is 1. The fourth-order valence-corrected chi connectivity index (χ4v) is 2.62. The summed E-state index contributed by atoms with van der Waals surface area (Å²) < 4.78 is 0. The lowest BCUT2D eigenvalue weighted by atomic mass is 10.0. The van der Waals surface area contributed by atoms with Crippen molar-refractivity contribution in [3.63, 3.8) is 0 Å². The van der Waals surface area contributed by atoms with E-state index in [4.69, 9.17) is 5.11 Å². The van der Waals surface area contributed by atoms with Crippen LogP contribution in [0.2, 0.25) is 0 Å². The number of carbonyl (C=O) groups is 2. The Labute approximate surface area is 128 Å². The van der Waals surface area contributed by atoms with Crippen molar-refractivity contribution in [2.75, 3.05) is 13.1 Å². The first-order valence-electron chi connectivity index (χ1n) is 7.51. The highest BCUT2D eigenvalue weighted by atomic mass is 16.4. The molecule has 0 aliphatic heterocycles. The number of nitrogens with zero attached hydrogens (tertiary/aromatic N) is 2. The van der Waals surface area contributed by atoms with E-state index in [9.17, 15) is 9.59 Å². The lowest BCUT2D eigenvalue weighted by Gasteiger charge is -2.20. The summed E-state index contributed by atoms with van der Waals surface area (Å²) in [5.74, 6) is -0.813. The van der Waals surface area contributed by atoms with Crippen molar-refractivity contribution in [1.82, 2.24) is 9.88 Å². The molecular formula is C17H18N2O3. The Hall–Kier alpha value is -2.43. The minimum atomic E-state index is -1.00. The Morgan fingerprint density at radius 1 is 1.32 bits per heavy atom. The second kappa shape index (κ2) is 5.75. The summed E-state index contributed by atoms with van der Waals surface area (Å²) in [4.78, 5) is 29.7. The van der Waals surface area contributed by atoms with Gasteiger partial charge in [-0.25, -0.2) is 0 Å².